The molecule has 0 saturated carbocycles. The van der Waals surface area contributed by atoms with Crippen molar-refractivity contribution in [3.05, 3.63) is 46.3 Å². The fourth-order valence-corrected chi connectivity index (χ4v) is 5.30. The molecule has 2 N–H and O–H groups in total. The molecule has 1 saturated heterocycles. The number of methoxy groups -OCH3 is 1. The van der Waals surface area contributed by atoms with E-state index in [2.05, 4.69) is 31.0 Å². The van der Waals surface area contributed by atoms with E-state index in [0.29, 0.717) is 23.5 Å². The summed E-state index contributed by atoms with van der Waals surface area (Å²) in [5.41, 5.74) is 3.04. The predicted octanol–water partition coefficient (Wildman–Crippen LogP) is 5.14. The van der Waals surface area contributed by atoms with E-state index in [-0.39, 0.29) is 48.0 Å². The molecule has 2 aliphatic heterocycles. The molecule has 40 heavy (non-hydrogen) atoms. The third kappa shape index (κ3) is 5.75. The van der Waals surface area contributed by atoms with Crippen LogP contribution in [0.2, 0.25) is 0 Å². The molecular weight excluding hydrogens is 511 g/mol. The van der Waals surface area contributed by atoms with Crippen LogP contribution in [0.25, 0.3) is 0 Å². The van der Waals surface area contributed by atoms with Crippen LogP contribution < -0.4 is 24.4 Å². The number of nitrogens with zero attached hydrogens (tertiary/aromatic N) is 2. The highest BCUT2D eigenvalue weighted by Crippen LogP contribution is 2.43. The zero-order valence-corrected chi connectivity index (χ0v) is 24.7. The molecule has 0 unspecified atom stereocenters. The number of hydrogen-bond acceptors (Lipinski definition) is 7. The summed E-state index contributed by atoms with van der Waals surface area (Å²) in [5, 5.41) is 12.1. The van der Waals surface area contributed by atoms with Gasteiger partial charge in [0, 0.05) is 43.9 Å². The maximum atomic E-state index is 15.6. The van der Waals surface area contributed by atoms with E-state index in [1.54, 1.807) is 25.0 Å². The molecule has 2 aromatic carbocycles. The Balaban J connectivity index is 1.67. The average molecular weight is 555 g/mol. The third-order valence-corrected chi connectivity index (χ3v) is 7.93. The molecule has 2 aromatic rings. The Morgan fingerprint density at radius 1 is 1.10 bits per heavy atom. The van der Waals surface area contributed by atoms with E-state index >= 15 is 4.39 Å². The smallest absolute Gasteiger partial charge is 0.197 e. The highest BCUT2D eigenvalue weighted by atomic mass is 19.1. The molecule has 2 aliphatic rings. The number of fused-ring (bicyclic) bond motifs is 1. The van der Waals surface area contributed by atoms with Crippen LogP contribution in [0, 0.1) is 11.2 Å². The van der Waals surface area contributed by atoms with Crippen molar-refractivity contribution in [2.75, 3.05) is 57.9 Å². The fraction of sp³-hybridized carbons (Fsp3) is 0.548. The maximum Gasteiger partial charge on any atom is 0.197 e. The van der Waals surface area contributed by atoms with Gasteiger partial charge >= 0.3 is 0 Å². The van der Waals surface area contributed by atoms with Crippen LogP contribution >= 0.6 is 0 Å². The molecule has 0 amide bonds. The van der Waals surface area contributed by atoms with Gasteiger partial charge in [-0.15, -0.1) is 0 Å². The van der Waals surface area contributed by atoms with Crippen LogP contribution in [-0.4, -0.2) is 69.6 Å². The van der Waals surface area contributed by atoms with Gasteiger partial charge in [0.1, 0.15) is 11.6 Å². The summed E-state index contributed by atoms with van der Waals surface area (Å²) < 4.78 is 32.9. The fourth-order valence-electron chi connectivity index (χ4n) is 5.30. The Morgan fingerprint density at radius 2 is 1.82 bits per heavy atom. The standard InChI is InChI=1S/C31H43FN4O4/c1-7-14-40-25-17-21-18-36(30(33)26(21)27(32)29(25)39-9-3)19-24(37)20-15-22(31(4,5)8-2)28(38-6)23(16-20)35-12-10-34-11-13-35/h15-17,33-34H,7-14,18-19H2,1-6H3. The van der Waals surface area contributed by atoms with Crippen molar-refractivity contribution in [1.82, 2.24) is 10.2 Å². The minimum atomic E-state index is -0.608. The van der Waals surface area contributed by atoms with Gasteiger partial charge in [-0.05, 0) is 48.9 Å². The number of benzene rings is 2. The Kier molecular flexibility index (Phi) is 9.23. The molecule has 0 spiro atoms. The highest BCUT2D eigenvalue weighted by molar-refractivity contribution is 6.06. The lowest BCUT2D eigenvalue weighted by Gasteiger charge is -2.34. The first-order valence-corrected chi connectivity index (χ1v) is 14.3. The van der Waals surface area contributed by atoms with E-state index in [1.165, 1.54) is 0 Å². The summed E-state index contributed by atoms with van der Waals surface area (Å²) in [6.07, 6.45) is 1.65. The molecule has 0 bridgehead atoms. The lowest BCUT2D eigenvalue weighted by Crippen LogP contribution is -2.44. The van der Waals surface area contributed by atoms with Gasteiger partial charge in [0.25, 0.3) is 0 Å². The average Bonchev–Trinajstić information content (AvgIpc) is 3.27. The van der Waals surface area contributed by atoms with Crippen molar-refractivity contribution < 1.29 is 23.4 Å². The van der Waals surface area contributed by atoms with Crippen LogP contribution in [0.4, 0.5) is 10.1 Å². The van der Waals surface area contributed by atoms with Gasteiger partial charge < -0.3 is 29.3 Å². The zero-order valence-electron chi connectivity index (χ0n) is 24.7. The van der Waals surface area contributed by atoms with Crippen LogP contribution in [0.15, 0.2) is 18.2 Å². The number of Topliss-reactive ketones (excluding diaryl/α,β-unsaturated/α-hetero) is 1. The van der Waals surface area contributed by atoms with Crippen LogP contribution in [0.1, 0.15) is 74.5 Å². The van der Waals surface area contributed by atoms with E-state index in [4.69, 9.17) is 19.6 Å². The Hall–Kier alpha value is -3.33. The van der Waals surface area contributed by atoms with Crippen molar-refractivity contribution in [3.8, 4) is 17.2 Å². The number of carbonyl (C=O) groups excluding carboxylic acids is 1. The molecule has 2 heterocycles. The summed E-state index contributed by atoms with van der Waals surface area (Å²) in [7, 11) is 1.68. The summed E-state index contributed by atoms with van der Waals surface area (Å²) in [6.45, 7) is 14.5. The molecule has 8 nitrogen and oxygen atoms in total. The number of anilines is 1. The van der Waals surface area contributed by atoms with Gasteiger partial charge in [0.2, 0.25) is 0 Å². The quantitative estimate of drug-likeness (QED) is 0.351. The van der Waals surface area contributed by atoms with Crippen molar-refractivity contribution in [1.29, 1.82) is 5.41 Å². The number of amidine groups is 1. The summed E-state index contributed by atoms with van der Waals surface area (Å²) in [6, 6.07) is 5.60. The Bertz CT molecular complexity index is 1260. The van der Waals surface area contributed by atoms with Crippen molar-refractivity contribution in [2.45, 2.75) is 59.4 Å². The number of halogens is 1. The lowest BCUT2D eigenvalue weighted by atomic mass is 9.80. The summed E-state index contributed by atoms with van der Waals surface area (Å²) in [5.74, 6) is 0.407. The van der Waals surface area contributed by atoms with E-state index in [1.807, 2.05) is 19.1 Å². The number of ether oxygens (including phenoxy) is 3. The van der Waals surface area contributed by atoms with Gasteiger partial charge in [0.05, 0.1) is 38.1 Å². The molecule has 0 radical (unpaired) electrons. The molecule has 0 atom stereocenters. The van der Waals surface area contributed by atoms with Crippen molar-refractivity contribution in [2.24, 2.45) is 0 Å². The van der Waals surface area contributed by atoms with Crippen LogP contribution in [0.5, 0.6) is 17.2 Å². The van der Waals surface area contributed by atoms with Gasteiger partial charge in [0.15, 0.2) is 23.1 Å². The van der Waals surface area contributed by atoms with E-state index in [9.17, 15) is 4.79 Å². The molecule has 4 rings (SSSR count). The molecule has 9 heteroatoms. The molecule has 0 aliphatic carbocycles. The summed E-state index contributed by atoms with van der Waals surface area (Å²) in [4.78, 5) is 17.7. The molecule has 0 aromatic heterocycles. The van der Waals surface area contributed by atoms with Gasteiger partial charge in [-0.25, -0.2) is 4.39 Å². The second-order valence-electron chi connectivity index (χ2n) is 11.0. The molecule has 1 fully saturated rings. The normalized spacial score (nSPS) is 15.3. The van der Waals surface area contributed by atoms with Gasteiger partial charge in [-0.2, -0.15) is 0 Å². The molecular formula is C31H43FN4O4. The Labute approximate surface area is 237 Å². The van der Waals surface area contributed by atoms with Gasteiger partial charge in [-0.1, -0.05) is 27.7 Å². The Morgan fingerprint density at radius 3 is 2.45 bits per heavy atom. The number of ketones is 1. The van der Waals surface area contributed by atoms with E-state index in [0.717, 1.165) is 56.0 Å². The van der Waals surface area contributed by atoms with Crippen LogP contribution in [0.3, 0.4) is 0 Å². The topological polar surface area (TPSA) is 87.1 Å². The first kappa shape index (κ1) is 29.6. The number of carbonyl (C=O) groups is 1. The van der Waals surface area contributed by atoms with Gasteiger partial charge in [-0.3, -0.25) is 10.2 Å². The number of piperazine rings is 1. The zero-order chi connectivity index (χ0) is 29.0. The monoisotopic (exact) mass is 554 g/mol. The maximum absolute atomic E-state index is 15.6. The number of hydrogen-bond donors (Lipinski definition) is 2. The minimum absolute atomic E-state index is 0.0196. The third-order valence-electron chi connectivity index (χ3n) is 7.93. The largest absolute Gasteiger partial charge is 0.494 e. The number of nitrogens with one attached hydrogen (secondary N) is 2. The van der Waals surface area contributed by atoms with Crippen LogP contribution in [-0.2, 0) is 12.0 Å². The van der Waals surface area contributed by atoms with Crippen molar-refractivity contribution in [3.63, 3.8) is 0 Å². The summed E-state index contributed by atoms with van der Waals surface area (Å²) >= 11 is 0. The first-order chi connectivity index (χ1) is 19.2. The minimum Gasteiger partial charge on any atom is -0.494 e. The lowest BCUT2D eigenvalue weighted by molar-refractivity contribution is 0.0962. The first-order valence-electron chi connectivity index (χ1n) is 14.3. The number of rotatable bonds is 12. The second-order valence-corrected chi connectivity index (χ2v) is 11.0. The highest BCUT2D eigenvalue weighted by Gasteiger charge is 2.34. The SMILES string of the molecule is CCCOc1cc2c(c(F)c1OCC)C(=N)N(CC(=O)c1cc(N3CCNCC3)c(OC)c(C(C)(C)CC)c1)C2. The van der Waals surface area contributed by atoms with E-state index < -0.39 is 5.82 Å². The molecule has 218 valence electrons. The van der Waals surface area contributed by atoms with Crippen molar-refractivity contribution >= 4 is 17.3 Å². The predicted molar refractivity (Wildman–Crippen MR) is 156 cm³/mol. The second kappa shape index (κ2) is 12.5.